The molecule has 0 aliphatic carbocycles. The number of nitrogens with zero attached hydrogens (tertiary/aromatic N) is 1. The van der Waals surface area contributed by atoms with Crippen LogP contribution in [0.15, 0.2) is 18.2 Å². The Morgan fingerprint density at radius 2 is 2.22 bits per heavy atom. The van der Waals surface area contributed by atoms with E-state index < -0.39 is 17.0 Å². The van der Waals surface area contributed by atoms with Crippen LogP contribution >= 0.6 is 0 Å². The van der Waals surface area contributed by atoms with Gasteiger partial charge in [0.2, 0.25) is 0 Å². The van der Waals surface area contributed by atoms with Gasteiger partial charge in [0.05, 0.1) is 12.0 Å². The number of esters is 1. The van der Waals surface area contributed by atoms with Crippen LogP contribution in [0.3, 0.4) is 0 Å². The fourth-order valence-corrected chi connectivity index (χ4v) is 1.34. The molecule has 0 aliphatic heterocycles. The lowest BCUT2D eigenvalue weighted by Crippen LogP contribution is -2.25. The van der Waals surface area contributed by atoms with Crippen molar-refractivity contribution in [3.63, 3.8) is 0 Å². The smallest absolute Gasteiger partial charge is 0.346 e. The maximum atomic E-state index is 11.2. The molecule has 0 aromatic heterocycles. The maximum absolute atomic E-state index is 11.2. The van der Waals surface area contributed by atoms with Crippen LogP contribution in [0.4, 0.5) is 5.69 Å². The molecular weight excluding hydrogens is 240 g/mol. The molecule has 7 nitrogen and oxygen atoms in total. The predicted octanol–water partition coefficient (Wildman–Crippen LogP) is 0.994. The fourth-order valence-electron chi connectivity index (χ4n) is 1.34. The summed E-state index contributed by atoms with van der Waals surface area (Å²) in [5, 5.41) is 10.8. The number of carbonyl (C=O) groups is 1. The van der Waals surface area contributed by atoms with E-state index in [-0.39, 0.29) is 18.0 Å². The Kier molecular flexibility index (Phi) is 4.61. The molecule has 98 valence electrons. The summed E-state index contributed by atoms with van der Waals surface area (Å²) < 4.78 is 9.71. The van der Waals surface area contributed by atoms with Gasteiger partial charge in [-0.3, -0.25) is 10.1 Å². The largest absolute Gasteiger partial charge is 0.472 e. The predicted molar refractivity (Wildman–Crippen MR) is 63.1 cm³/mol. The van der Waals surface area contributed by atoms with Gasteiger partial charge in [-0.05, 0) is 18.6 Å². The van der Waals surface area contributed by atoms with Crippen LogP contribution in [0.25, 0.3) is 0 Å². The fraction of sp³-hybridized carbons (Fsp3) is 0.364. The van der Waals surface area contributed by atoms with Gasteiger partial charge in [0, 0.05) is 12.6 Å². The molecule has 0 aliphatic rings. The first-order valence-corrected chi connectivity index (χ1v) is 5.21. The summed E-state index contributed by atoms with van der Waals surface area (Å²) in [5.74, 6) is -0.608. The minimum Gasteiger partial charge on any atom is -0.472 e. The third-order valence-corrected chi connectivity index (χ3v) is 2.29. The van der Waals surface area contributed by atoms with Crippen LogP contribution < -0.4 is 10.5 Å². The average molecular weight is 254 g/mol. The molecular formula is C11H14N2O5. The van der Waals surface area contributed by atoms with Gasteiger partial charge in [0.1, 0.15) is 0 Å². The van der Waals surface area contributed by atoms with Crippen molar-refractivity contribution in [2.24, 2.45) is 5.73 Å². The first-order chi connectivity index (χ1) is 8.49. The van der Waals surface area contributed by atoms with Crippen molar-refractivity contribution in [1.82, 2.24) is 0 Å². The summed E-state index contributed by atoms with van der Waals surface area (Å²) in [6, 6.07) is 4.27. The summed E-state index contributed by atoms with van der Waals surface area (Å²) >= 11 is 0. The highest BCUT2D eigenvalue weighted by Crippen LogP contribution is 2.28. The van der Waals surface area contributed by atoms with E-state index in [2.05, 4.69) is 4.74 Å². The minimum absolute atomic E-state index is 0.000787. The number of nitro benzene ring substituents is 1. The Morgan fingerprint density at radius 1 is 1.56 bits per heavy atom. The Balaban J connectivity index is 3.04. The third-order valence-electron chi connectivity index (χ3n) is 2.29. The average Bonchev–Trinajstić information content (AvgIpc) is 2.37. The molecule has 0 bridgehead atoms. The number of hydrogen-bond acceptors (Lipinski definition) is 6. The highest BCUT2D eigenvalue weighted by atomic mass is 16.6. The molecule has 18 heavy (non-hydrogen) atoms. The molecule has 1 rings (SSSR count). The molecule has 0 heterocycles. The molecule has 1 aromatic rings. The number of nitro groups is 1. The van der Waals surface area contributed by atoms with Crippen molar-refractivity contribution in [3.8, 4) is 5.75 Å². The summed E-state index contributed by atoms with van der Waals surface area (Å²) in [6.45, 7) is 1.67. The van der Waals surface area contributed by atoms with E-state index in [1.54, 1.807) is 0 Å². The number of ether oxygens (including phenoxy) is 2. The summed E-state index contributed by atoms with van der Waals surface area (Å²) in [4.78, 5) is 21.4. The second kappa shape index (κ2) is 5.97. The van der Waals surface area contributed by atoms with E-state index in [0.29, 0.717) is 5.56 Å². The van der Waals surface area contributed by atoms with Crippen LogP contribution in [0.1, 0.15) is 12.5 Å². The van der Waals surface area contributed by atoms with Crippen molar-refractivity contribution < 1.29 is 19.2 Å². The van der Waals surface area contributed by atoms with Crippen molar-refractivity contribution in [2.75, 3.05) is 7.11 Å². The van der Waals surface area contributed by atoms with Gasteiger partial charge in [-0.1, -0.05) is 6.07 Å². The quantitative estimate of drug-likeness (QED) is 0.477. The molecule has 0 radical (unpaired) electrons. The van der Waals surface area contributed by atoms with E-state index in [1.807, 2.05) is 0 Å². The lowest BCUT2D eigenvalue weighted by atomic mass is 10.2. The SMILES string of the molecule is COC(=O)C(C)Oc1cc(CN)ccc1[N+](=O)[O-]. The molecule has 1 aromatic carbocycles. The van der Waals surface area contributed by atoms with Crippen molar-refractivity contribution in [2.45, 2.75) is 19.6 Å². The van der Waals surface area contributed by atoms with E-state index >= 15 is 0 Å². The highest BCUT2D eigenvalue weighted by Gasteiger charge is 2.21. The molecule has 0 spiro atoms. The van der Waals surface area contributed by atoms with E-state index in [9.17, 15) is 14.9 Å². The van der Waals surface area contributed by atoms with E-state index in [1.165, 1.54) is 32.2 Å². The normalized spacial score (nSPS) is 11.7. The summed E-state index contributed by atoms with van der Waals surface area (Å²) in [6.07, 6.45) is -0.929. The van der Waals surface area contributed by atoms with E-state index in [0.717, 1.165) is 0 Å². The molecule has 0 saturated heterocycles. The Hall–Kier alpha value is -2.15. The number of nitrogens with two attached hydrogens (primary N) is 1. The molecule has 0 amide bonds. The molecule has 0 fully saturated rings. The third kappa shape index (κ3) is 3.17. The molecule has 7 heteroatoms. The van der Waals surface area contributed by atoms with Crippen LogP contribution in [-0.2, 0) is 16.1 Å². The number of hydrogen-bond donors (Lipinski definition) is 1. The van der Waals surface area contributed by atoms with Gasteiger partial charge in [0.25, 0.3) is 0 Å². The monoisotopic (exact) mass is 254 g/mol. The number of methoxy groups -OCH3 is 1. The first-order valence-electron chi connectivity index (χ1n) is 5.21. The Morgan fingerprint density at radius 3 is 2.72 bits per heavy atom. The maximum Gasteiger partial charge on any atom is 0.346 e. The zero-order valence-corrected chi connectivity index (χ0v) is 10.1. The molecule has 0 saturated carbocycles. The lowest BCUT2D eigenvalue weighted by molar-refractivity contribution is -0.386. The number of carbonyl (C=O) groups excluding carboxylic acids is 1. The molecule has 1 unspecified atom stereocenters. The Bertz CT molecular complexity index is 461. The van der Waals surface area contributed by atoms with E-state index in [4.69, 9.17) is 10.5 Å². The molecule has 1 atom stereocenters. The summed E-state index contributed by atoms with van der Waals surface area (Å²) in [5.41, 5.74) is 5.90. The zero-order valence-electron chi connectivity index (χ0n) is 10.1. The van der Waals surface area contributed by atoms with Crippen LogP contribution in [0, 0.1) is 10.1 Å². The topological polar surface area (TPSA) is 105 Å². The second-order valence-electron chi connectivity index (χ2n) is 3.55. The first kappa shape index (κ1) is 13.9. The van der Waals surface area contributed by atoms with Crippen LogP contribution in [0.5, 0.6) is 5.75 Å². The van der Waals surface area contributed by atoms with Gasteiger partial charge in [-0.25, -0.2) is 4.79 Å². The number of rotatable bonds is 5. The van der Waals surface area contributed by atoms with Crippen molar-refractivity contribution >= 4 is 11.7 Å². The van der Waals surface area contributed by atoms with Gasteiger partial charge >= 0.3 is 11.7 Å². The number of benzene rings is 1. The van der Waals surface area contributed by atoms with Gasteiger partial charge in [0.15, 0.2) is 11.9 Å². The zero-order chi connectivity index (χ0) is 13.7. The lowest BCUT2D eigenvalue weighted by Gasteiger charge is -2.13. The highest BCUT2D eigenvalue weighted by molar-refractivity contribution is 5.74. The van der Waals surface area contributed by atoms with Crippen molar-refractivity contribution in [3.05, 3.63) is 33.9 Å². The standard InChI is InChI=1S/C11H14N2O5/c1-7(11(14)17-2)18-10-5-8(6-12)3-4-9(10)13(15)16/h3-5,7H,6,12H2,1-2H3. The van der Waals surface area contributed by atoms with Gasteiger partial charge < -0.3 is 15.2 Å². The van der Waals surface area contributed by atoms with Crippen LogP contribution in [0.2, 0.25) is 0 Å². The minimum atomic E-state index is -0.929. The van der Waals surface area contributed by atoms with Gasteiger partial charge in [-0.2, -0.15) is 0 Å². The summed E-state index contributed by atoms with van der Waals surface area (Å²) in [7, 11) is 1.22. The van der Waals surface area contributed by atoms with Crippen LogP contribution in [-0.4, -0.2) is 24.1 Å². The second-order valence-corrected chi connectivity index (χ2v) is 3.55. The van der Waals surface area contributed by atoms with Gasteiger partial charge in [-0.15, -0.1) is 0 Å². The van der Waals surface area contributed by atoms with Crippen molar-refractivity contribution in [1.29, 1.82) is 0 Å². The Labute approximate surface area is 104 Å². The molecule has 2 N–H and O–H groups in total.